The highest BCUT2D eigenvalue weighted by Gasteiger charge is 2.16. The van der Waals surface area contributed by atoms with E-state index < -0.39 is 0 Å². The molecule has 118 valence electrons. The molecule has 1 N–H and O–H groups in total. The number of H-pyrrole nitrogens is 1. The van der Waals surface area contributed by atoms with Gasteiger partial charge in [0.1, 0.15) is 5.83 Å². The van der Waals surface area contributed by atoms with Gasteiger partial charge in [-0.05, 0) is 42.4 Å². The summed E-state index contributed by atoms with van der Waals surface area (Å²) < 4.78 is 16.3. The van der Waals surface area contributed by atoms with E-state index in [9.17, 15) is 4.39 Å². The van der Waals surface area contributed by atoms with Gasteiger partial charge in [-0.3, -0.25) is 4.98 Å². The normalized spacial score (nSPS) is 14.3. The molecule has 0 aliphatic heterocycles. The number of nitrogens with zero attached hydrogens (tertiary/aromatic N) is 2. The fraction of sp³-hybridized carbons (Fsp3) is 0.222. The molecule has 0 amide bonds. The molecule has 1 aliphatic rings. The van der Waals surface area contributed by atoms with Gasteiger partial charge in [0.25, 0.3) is 0 Å². The van der Waals surface area contributed by atoms with Crippen LogP contribution in [0.1, 0.15) is 25.5 Å². The van der Waals surface area contributed by atoms with Crippen molar-refractivity contribution in [3.05, 3.63) is 65.1 Å². The smallest absolute Gasteiger partial charge is 0.178 e. The Labute approximate surface area is 139 Å². The third kappa shape index (κ3) is 3.24. The van der Waals surface area contributed by atoms with Crippen LogP contribution in [-0.2, 0) is 6.54 Å². The molecule has 3 nitrogen and oxygen atoms in total. The number of hydrogen-bond donors (Lipinski definition) is 1. The summed E-state index contributed by atoms with van der Waals surface area (Å²) >= 11 is 5.50. The van der Waals surface area contributed by atoms with E-state index in [0.717, 1.165) is 35.5 Å². The second-order valence-electron chi connectivity index (χ2n) is 5.38. The molecule has 5 heteroatoms. The molecule has 0 atom stereocenters. The van der Waals surface area contributed by atoms with Gasteiger partial charge in [-0.15, -0.1) is 0 Å². The van der Waals surface area contributed by atoms with Crippen molar-refractivity contribution in [2.75, 3.05) is 0 Å². The third-order valence-electron chi connectivity index (χ3n) is 3.73. The van der Waals surface area contributed by atoms with Crippen molar-refractivity contribution in [1.82, 2.24) is 14.5 Å². The van der Waals surface area contributed by atoms with Crippen LogP contribution < -0.4 is 0 Å². The SMILES string of the molecule is CCCn1c(-c2ccncc2)c(C2=CC=C(F)CC=C2)[nH]c1=S. The summed E-state index contributed by atoms with van der Waals surface area (Å²) in [6, 6.07) is 3.93. The highest BCUT2D eigenvalue weighted by molar-refractivity contribution is 7.71. The number of hydrogen-bond acceptors (Lipinski definition) is 2. The highest BCUT2D eigenvalue weighted by atomic mass is 32.1. The van der Waals surface area contributed by atoms with Gasteiger partial charge in [0.05, 0.1) is 11.4 Å². The van der Waals surface area contributed by atoms with E-state index in [4.69, 9.17) is 12.2 Å². The van der Waals surface area contributed by atoms with Crippen molar-refractivity contribution in [3.63, 3.8) is 0 Å². The van der Waals surface area contributed by atoms with Gasteiger partial charge in [0.2, 0.25) is 0 Å². The molecule has 2 heterocycles. The van der Waals surface area contributed by atoms with E-state index in [2.05, 4.69) is 21.5 Å². The molecule has 3 rings (SSSR count). The van der Waals surface area contributed by atoms with Crippen LogP contribution in [0.3, 0.4) is 0 Å². The maximum Gasteiger partial charge on any atom is 0.178 e. The van der Waals surface area contributed by atoms with Gasteiger partial charge >= 0.3 is 0 Å². The first kappa shape index (κ1) is 15.6. The average molecular weight is 327 g/mol. The van der Waals surface area contributed by atoms with E-state index >= 15 is 0 Å². The molecule has 2 aromatic heterocycles. The molecule has 0 unspecified atom stereocenters. The molecule has 0 saturated heterocycles. The maximum atomic E-state index is 13.5. The van der Waals surface area contributed by atoms with Crippen LogP contribution in [0.2, 0.25) is 0 Å². The summed E-state index contributed by atoms with van der Waals surface area (Å²) in [5, 5.41) is 0. The number of halogens is 1. The summed E-state index contributed by atoms with van der Waals surface area (Å²) in [6.07, 6.45) is 11.9. The molecule has 0 bridgehead atoms. The van der Waals surface area contributed by atoms with Crippen LogP contribution in [0.25, 0.3) is 16.8 Å². The van der Waals surface area contributed by atoms with Crippen molar-refractivity contribution in [1.29, 1.82) is 0 Å². The predicted octanol–water partition coefficient (Wildman–Crippen LogP) is 5.21. The van der Waals surface area contributed by atoms with Gasteiger partial charge in [-0.2, -0.15) is 0 Å². The standard InChI is InChI=1S/C18H18FN3S/c1-2-12-22-17(14-8-10-20-11-9-14)16(21-18(22)23)13-4-3-5-15(19)7-6-13/h3-4,6-11H,2,5,12H2,1H3,(H,21,23). The monoisotopic (exact) mass is 327 g/mol. The highest BCUT2D eigenvalue weighted by Crippen LogP contribution is 2.31. The average Bonchev–Trinajstić information content (AvgIpc) is 2.74. The lowest BCUT2D eigenvalue weighted by atomic mass is 10.1. The first-order valence-electron chi connectivity index (χ1n) is 7.67. The second kappa shape index (κ2) is 6.87. The van der Waals surface area contributed by atoms with Crippen LogP contribution in [0.5, 0.6) is 0 Å². The lowest BCUT2D eigenvalue weighted by molar-refractivity contribution is 0.618. The maximum absolute atomic E-state index is 13.5. The van der Waals surface area contributed by atoms with Gasteiger partial charge in [0.15, 0.2) is 4.77 Å². The number of allylic oxidation sites excluding steroid dienone is 6. The topological polar surface area (TPSA) is 33.6 Å². The fourth-order valence-corrected chi connectivity index (χ4v) is 2.98. The zero-order valence-electron chi connectivity index (χ0n) is 12.9. The van der Waals surface area contributed by atoms with Crippen LogP contribution in [-0.4, -0.2) is 14.5 Å². The molecule has 0 spiro atoms. The number of rotatable bonds is 4. The summed E-state index contributed by atoms with van der Waals surface area (Å²) in [7, 11) is 0. The summed E-state index contributed by atoms with van der Waals surface area (Å²) in [5.41, 5.74) is 3.90. The molecule has 1 aliphatic carbocycles. The largest absolute Gasteiger partial charge is 0.330 e. The summed E-state index contributed by atoms with van der Waals surface area (Å²) in [4.78, 5) is 7.38. The number of imidazole rings is 1. The third-order valence-corrected chi connectivity index (χ3v) is 4.05. The first-order chi connectivity index (χ1) is 11.2. The van der Waals surface area contributed by atoms with E-state index in [1.807, 2.05) is 24.3 Å². The van der Waals surface area contributed by atoms with E-state index in [1.165, 1.54) is 6.08 Å². The number of pyridine rings is 1. The van der Waals surface area contributed by atoms with Crippen molar-refractivity contribution in [2.45, 2.75) is 26.3 Å². The number of aromatic nitrogens is 3. The molecule has 0 radical (unpaired) electrons. The van der Waals surface area contributed by atoms with Crippen molar-refractivity contribution in [2.24, 2.45) is 0 Å². The Kier molecular flexibility index (Phi) is 4.67. The van der Waals surface area contributed by atoms with Gasteiger partial charge in [-0.25, -0.2) is 4.39 Å². The number of nitrogens with one attached hydrogen (secondary N) is 1. The van der Waals surface area contributed by atoms with E-state index in [1.54, 1.807) is 18.5 Å². The van der Waals surface area contributed by atoms with Crippen molar-refractivity contribution in [3.8, 4) is 11.3 Å². The van der Waals surface area contributed by atoms with Crippen molar-refractivity contribution >= 4 is 17.8 Å². The van der Waals surface area contributed by atoms with E-state index in [-0.39, 0.29) is 5.83 Å². The molecule has 0 saturated carbocycles. The Bertz CT molecular complexity index is 841. The van der Waals surface area contributed by atoms with Crippen LogP contribution in [0.4, 0.5) is 4.39 Å². The quantitative estimate of drug-likeness (QED) is 0.782. The van der Waals surface area contributed by atoms with Crippen LogP contribution in [0, 0.1) is 4.77 Å². The minimum absolute atomic E-state index is 0.145. The molecule has 23 heavy (non-hydrogen) atoms. The summed E-state index contributed by atoms with van der Waals surface area (Å²) in [5.74, 6) is -0.145. The molecule has 0 fully saturated rings. The minimum Gasteiger partial charge on any atom is -0.330 e. The van der Waals surface area contributed by atoms with Crippen LogP contribution >= 0.6 is 12.2 Å². The zero-order valence-corrected chi connectivity index (χ0v) is 13.7. The lowest BCUT2D eigenvalue weighted by Crippen LogP contribution is -2.00. The van der Waals surface area contributed by atoms with Gasteiger partial charge < -0.3 is 9.55 Å². The Balaban J connectivity index is 2.22. The summed E-state index contributed by atoms with van der Waals surface area (Å²) in [6.45, 7) is 2.95. The zero-order chi connectivity index (χ0) is 16.2. The van der Waals surface area contributed by atoms with Gasteiger partial charge in [-0.1, -0.05) is 25.2 Å². The first-order valence-corrected chi connectivity index (χ1v) is 8.08. The minimum atomic E-state index is -0.145. The number of aromatic amines is 1. The van der Waals surface area contributed by atoms with Crippen molar-refractivity contribution < 1.29 is 4.39 Å². The fourth-order valence-electron chi connectivity index (χ4n) is 2.69. The molecule has 2 aromatic rings. The molecular formula is C18H18FN3S. The molecule has 0 aromatic carbocycles. The molecular weight excluding hydrogens is 309 g/mol. The van der Waals surface area contributed by atoms with E-state index in [0.29, 0.717) is 11.2 Å². The Morgan fingerprint density at radius 3 is 2.83 bits per heavy atom. The predicted molar refractivity (Wildman–Crippen MR) is 94.1 cm³/mol. The van der Waals surface area contributed by atoms with Gasteiger partial charge in [0, 0.05) is 30.9 Å². The Hall–Kier alpha value is -2.27. The Morgan fingerprint density at radius 2 is 2.09 bits per heavy atom. The second-order valence-corrected chi connectivity index (χ2v) is 5.77. The van der Waals surface area contributed by atoms with Crippen LogP contribution in [0.15, 0.2) is 54.7 Å². The lowest BCUT2D eigenvalue weighted by Gasteiger charge is -2.10. The Morgan fingerprint density at radius 1 is 1.30 bits per heavy atom.